The van der Waals surface area contributed by atoms with Crippen LogP contribution in [-0.4, -0.2) is 33.4 Å². The average molecular weight is 391 g/mol. The van der Waals surface area contributed by atoms with E-state index in [1.165, 1.54) is 5.52 Å². The summed E-state index contributed by atoms with van der Waals surface area (Å²) in [6.45, 7) is 7.60. The summed E-state index contributed by atoms with van der Waals surface area (Å²) in [5, 5.41) is 3.12. The minimum absolute atomic E-state index is 0.0457. The van der Waals surface area contributed by atoms with Crippen molar-refractivity contribution >= 4 is 16.9 Å². The van der Waals surface area contributed by atoms with Crippen LogP contribution in [0, 0.1) is 5.92 Å². The maximum atomic E-state index is 12.7. The van der Waals surface area contributed by atoms with E-state index in [-0.39, 0.29) is 11.8 Å². The number of nitrogens with one attached hydrogen (secondary N) is 1. The lowest BCUT2D eigenvalue weighted by Gasteiger charge is -2.32. The number of piperidine rings is 1. The van der Waals surface area contributed by atoms with E-state index in [0.717, 1.165) is 49.4 Å². The molecule has 1 aliphatic rings. The molecule has 0 saturated carbocycles. The first-order valence-electron chi connectivity index (χ1n) is 10.6. The third-order valence-electron chi connectivity index (χ3n) is 5.74. The number of imidazole rings is 1. The van der Waals surface area contributed by atoms with Crippen LogP contribution in [0.2, 0.25) is 0 Å². The van der Waals surface area contributed by atoms with Gasteiger partial charge < -0.3 is 9.88 Å². The van der Waals surface area contributed by atoms with Crippen molar-refractivity contribution < 1.29 is 4.79 Å². The molecule has 1 saturated heterocycles. The predicted molar refractivity (Wildman–Crippen MR) is 116 cm³/mol. The highest BCUT2D eigenvalue weighted by Gasteiger charge is 2.27. The van der Waals surface area contributed by atoms with Crippen LogP contribution in [-0.2, 0) is 17.9 Å². The fourth-order valence-corrected chi connectivity index (χ4v) is 4.32. The summed E-state index contributed by atoms with van der Waals surface area (Å²) in [4.78, 5) is 20.0. The Labute approximate surface area is 172 Å². The van der Waals surface area contributed by atoms with Gasteiger partial charge in [0.15, 0.2) is 0 Å². The van der Waals surface area contributed by atoms with Crippen molar-refractivity contribution in [2.45, 2.75) is 45.8 Å². The summed E-state index contributed by atoms with van der Waals surface area (Å²) < 4.78 is 2.33. The predicted octanol–water partition coefficient (Wildman–Crippen LogP) is 4.15. The molecule has 1 aliphatic heterocycles. The summed E-state index contributed by atoms with van der Waals surface area (Å²) in [7, 11) is 0. The molecule has 5 heteroatoms. The fourth-order valence-electron chi connectivity index (χ4n) is 4.32. The first kappa shape index (κ1) is 19.6. The summed E-state index contributed by atoms with van der Waals surface area (Å²) >= 11 is 0. The van der Waals surface area contributed by atoms with Crippen LogP contribution in [0.1, 0.15) is 44.1 Å². The number of likely N-dealkylation sites (tertiary alicyclic amines) is 1. The molecule has 0 bridgehead atoms. The number of nitrogens with zero attached hydrogens (tertiary/aromatic N) is 3. The molecule has 0 unspecified atom stereocenters. The monoisotopic (exact) mass is 390 g/mol. The van der Waals surface area contributed by atoms with Crippen LogP contribution in [0.15, 0.2) is 54.6 Å². The maximum Gasteiger partial charge on any atom is 0.224 e. The number of hydrogen-bond donors (Lipinski definition) is 1. The van der Waals surface area contributed by atoms with Crippen LogP contribution >= 0.6 is 0 Å². The molecular formula is C24H30N4O. The molecule has 0 spiro atoms. The average Bonchev–Trinajstić information content (AvgIpc) is 3.11. The van der Waals surface area contributed by atoms with Gasteiger partial charge in [0, 0.05) is 19.1 Å². The molecule has 0 aliphatic carbocycles. The SMILES string of the molecule is CC(C)n1c(CN2CCC[C@@H](C(=O)NCc3ccccc3)C2)nc2ccccc21. The third-order valence-corrected chi connectivity index (χ3v) is 5.74. The number of fused-ring (bicyclic) bond motifs is 1. The number of aromatic nitrogens is 2. The van der Waals surface area contributed by atoms with Gasteiger partial charge >= 0.3 is 0 Å². The smallest absolute Gasteiger partial charge is 0.224 e. The molecule has 1 atom stereocenters. The Morgan fingerprint density at radius 2 is 1.90 bits per heavy atom. The lowest BCUT2D eigenvalue weighted by molar-refractivity contribution is -0.127. The van der Waals surface area contributed by atoms with Crippen LogP contribution in [0.3, 0.4) is 0 Å². The zero-order valence-corrected chi connectivity index (χ0v) is 17.3. The lowest BCUT2D eigenvalue weighted by atomic mass is 9.97. The summed E-state index contributed by atoms with van der Waals surface area (Å²) in [6, 6.07) is 18.8. The quantitative estimate of drug-likeness (QED) is 0.688. The highest BCUT2D eigenvalue weighted by Crippen LogP contribution is 2.24. The van der Waals surface area contributed by atoms with Crippen LogP contribution < -0.4 is 5.32 Å². The van der Waals surface area contributed by atoms with Crippen LogP contribution in [0.25, 0.3) is 11.0 Å². The van der Waals surface area contributed by atoms with Gasteiger partial charge in [-0.3, -0.25) is 9.69 Å². The van der Waals surface area contributed by atoms with Gasteiger partial charge in [-0.25, -0.2) is 4.98 Å². The molecule has 0 radical (unpaired) electrons. The zero-order chi connectivity index (χ0) is 20.2. The Bertz CT molecular complexity index is 963. The van der Waals surface area contributed by atoms with Gasteiger partial charge in [0.25, 0.3) is 0 Å². The number of carbonyl (C=O) groups excluding carboxylic acids is 1. The number of benzene rings is 2. The Balaban J connectivity index is 1.42. The standard InChI is InChI=1S/C24H30N4O/c1-18(2)28-22-13-7-6-12-21(22)26-23(28)17-27-14-8-11-20(16-27)24(29)25-15-19-9-4-3-5-10-19/h3-7,9-10,12-13,18,20H,8,11,14-17H2,1-2H3,(H,25,29)/t20-/m1/s1. The lowest BCUT2D eigenvalue weighted by Crippen LogP contribution is -2.42. The van der Waals surface area contributed by atoms with Gasteiger partial charge in [-0.15, -0.1) is 0 Å². The summed E-state index contributed by atoms with van der Waals surface area (Å²) in [6.07, 6.45) is 2.00. The Morgan fingerprint density at radius 1 is 1.14 bits per heavy atom. The van der Waals surface area contributed by atoms with E-state index in [1.807, 2.05) is 36.4 Å². The van der Waals surface area contributed by atoms with Gasteiger partial charge in [0.2, 0.25) is 5.91 Å². The molecule has 29 heavy (non-hydrogen) atoms. The normalized spacial score (nSPS) is 17.7. The van der Waals surface area contributed by atoms with Gasteiger partial charge in [0.1, 0.15) is 5.82 Å². The minimum Gasteiger partial charge on any atom is -0.352 e. The molecular weight excluding hydrogens is 360 g/mol. The summed E-state index contributed by atoms with van der Waals surface area (Å²) in [5.41, 5.74) is 3.37. The molecule has 2 heterocycles. The molecule has 152 valence electrons. The molecule has 4 rings (SSSR count). The Kier molecular flexibility index (Phi) is 5.95. The zero-order valence-electron chi connectivity index (χ0n) is 17.3. The molecule has 5 nitrogen and oxygen atoms in total. The van der Waals surface area contributed by atoms with Crippen molar-refractivity contribution in [1.82, 2.24) is 19.8 Å². The molecule has 3 aromatic rings. The van der Waals surface area contributed by atoms with Gasteiger partial charge in [-0.05, 0) is 50.9 Å². The molecule has 1 aromatic heterocycles. The highest BCUT2D eigenvalue weighted by molar-refractivity contribution is 5.79. The van der Waals surface area contributed by atoms with Crippen molar-refractivity contribution in [3.8, 4) is 0 Å². The van der Waals surface area contributed by atoms with E-state index in [1.54, 1.807) is 0 Å². The van der Waals surface area contributed by atoms with Crippen molar-refractivity contribution in [1.29, 1.82) is 0 Å². The van der Waals surface area contributed by atoms with E-state index in [4.69, 9.17) is 4.98 Å². The summed E-state index contributed by atoms with van der Waals surface area (Å²) in [5.74, 6) is 1.30. The van der Waals surface area contributed by atoms with E-state index in [0.29, 0.717) is 12.6 Å². The van der Waals surface area contributed by atoms with E-state index in [9.17, 15) is 4.79 Å². The largest absolute Gasteiger partial charge is 0.352 e. The minimum atomic E-state index is 0.0457. The number of carbonyl (C=O) groups is 1. The second-order valence-electron chi connectivity index (χ2n) is 8.26. The van der Waals surface area contributed by atoms with E-state index < -0.39 is 0 Å². The van der Waals surface area contributed by atoms with Crippen LogP contribution in [0.5, 0.6) is 0 Å². The second kappa shape index (κ2) is 8.78. The number of para-hydroxylation sites is 2. The second-order valence-corrected chi connectivity index (χ2v) is 8.26. The molecule has 1 amide bonds. The van der Waals surface area contributed by atoms with Gasteiger partial charge in [-0.1, -0.05) is 42.5 Å². The Morgan fingerprint density at radius 3 is 2.69 bits per heavy atom. The van der Waals surface area contributed by atoms with Gasteiger partial charge in [0.05, 0.1) is 23.5 Å². The molecule has 1 N–H and O–H groups in total. The highest BCUT2D eigenvalue weighted by atomic mass is 16.1. The first-order valence-corrected chi connectivity index (χ1v) is 10.6. The van der Waals surface area contributed by atoms with Crippen LogP contribution in [0.4, 0.5) is 0 Å². The number of rotatable bonds is 6. The van der Waals surface area contributed by atoms with Crippen molar-refractivity contribution in [2.24, 2.45) is 5.92 Å². The van der Waals surface area contributed by atoms with E-state index in [2.05, 4.69) is 46.8 Å². The van der Waals surface area contributed by atoms with Crippen molar-refractivity contribution in [3.05, 3.63) is 66.0 Å². The first-order chi connectivity index (χ1) is 14.1. The number of amides is 1. The Hall–Kier alpha value is -2.66. The molecule has 1 fully saturated rings. The molecule has 2 aromatic carbocycles. The third kappa shape index (κ3) is 4.51. The van der Waals surface area contributed by atoms with Gasteiger partial charge in [-0.2, -0.15) is 0 Å². The van der Waals surface area contributed by atoms with E-state index >= 15 is 0 Å². The fraction of sp³-hybridized carbons (Fsp3) is 0.417. The topological polar surface area (TPSA) is 50.2 Å². The van der Waals surface area contributed by atoms with Crippen molar-refractivity contribution in [3.63, 3.8) is 0 Å². The van der Waals surface area contributed by atoms with Crippen molar-refractivity contribution in [2.75, 3.05) is 13.1 Å². The maximum absolute atomic E-state index is 12.7. The number of hydrogen-bond acceptors (Lipinski definition) is 3.